The van der Waals surface area contributed by atoms with Crippen LogP contribution in [0.25, 0.3) is 0 Å². The molecule has 1 atom stereocenters. The average molecular weight is 227 g/mol. The summed E-state index contributed by atoms with van der Waals surface area (Å²) in [5, 5.41) is 0. The van der Waals surface area contributed by atoms with Crippen molar-refractivity contribution in [2.24, 2.45) is 11.7 Å². The fraction of sp³-hybridized carbons (Fsp3) is 0.917. The number of carbonyl (C=O) groups excluding carboxylic acids is 1. The predicted octanol–water partition coefficient (Wildman–Crippen LogP) is 1.23. The molecule has 1 aliphatic heterocycles. The Balaban J connectivity index is 1.77. The Hall–Kier alpha value is -0.610. The Morgan fingerprint density at radius 2 is 2.12 bits per heavy atom. The van der Waals surface area contributed by atoms with Crippen LogP contribution in [0.1, 0.15) is 38.5 Å². The first-order chi connectivity index (χ1) is 7.71. The van der Waals surface area contributed by atoms with Crippen LogP contribution in [0, 0.1) is 5.92 Å². The normalized spacial score (nSPS) is 28.9. The van der Waals surface area contributed by atoms with E-state index in [-0.39, 0.29) is 5.97 Å². The zero-order valence-corrected chi connectivity index (χ0v) is 9.74. The van der Waals surface area contributed by atoms with Crippen molar-refractivity contribution in [1.82, 2.24) is 0 Å². The third kappa shape index (κ3) is 2.74. The molecule has 2 fully saturated rings. The second kappa shape index (κ2) is 5.15. The van der Waals surface area contributed by atoms with Crippen LogP contribution in [0.4, 0.5) is 0 Å². The van der Waals surface area contributed by atoms with E-state index in [0.29, 0.717) is 19.1 Å². The maximum atomic E-state index is 11.9. The highest BCUT2D eigenvalue weighted by molar-refractivity contribution is 5.80. The molecule has 0 aromatic carbocycles. The summed E-state index contributed by atoms with van der Waals surface area (Å²) in [4.78, 5) is 11.9. The fourth-order valence-electron chi connectivity index (χ4n) is 2.44. The lowest BCUT2D eigenvalue weighted by molar-refractivity contribution is -0.152. The minimum atomic E-state index is -0.711. The van der Waals surface area contributed by atoms with E-state index >= 15 is 0 Å². The lowest BCUT2D eigenvalue weighted by Crippen LogP contribution is -2.50. The maximum absolute atomic E-state index is 11.9. The molecule has 4 nitrogen and oxygen atoms in total. The van der Waals surface area contributed by atoms with Crippen molar-refractivity contribution in [2.45, 2.75) is 44.1 Å². The lowest BCUT2D eigenvalue weighted by Gasteiger charge is -2.31. The Morgan fingerprint density at radius 1 is 1.38 bits per heavy atom. The van der Waals surface area contributed by atoms with Crippen LogP contribution in [0.3, 0.4) is 0 Å². The Morgan fingerprint density at radius 3 is 2.75 bits per heavy atom. The molecule has 1 saturated heterocycles. The molecule has 92 valence electrons. The van der Waals surface area contributed by atoms with E-state index in [0.717, 1.165) is 38.7 Å². The topological polar surface area (TPSA) is 61.6 Å². The Labute approximate surface area is 96.5 Å². The van der Waals surface area contributed by atoms with E-state index in [1.807, 2.05) is 0 Å². The largest absolute Gasteiger partial charge is 0.464 e. The van der Waals surface area contributed by atoms with Crippen molar-refractivity contribution < 1.29 is 14.3 Å². The number of nitrogens with two attached hydrogens (primary N) is 1. The van der Waals surface area contributed by atoms with Gasteiger partial charge in [-0.15, -0.1) is 0 Å². The second-order valence-electron chi connectivity index (χ2n) is 5.04. The smallest absolute Gasteiger partial charge is 0.326 e. The molecule has 1 aliphatic carbocycles. The summed E-state index contributed by atoms with van der Waals surface area (Å²) in [6.45, 7) is 1.97. The minimum Gasteiger partial charge on any atom is -0.464 e. The number of hydrogen-bond acceptors (Lipinski definition) is 4. The predicted molar refractivity (Wildman–Crippen MR) is 59.9 cm³/mol. The molecular formula is C12H21NO3. The first-order valence-electron chi connectivity index (χ1n) is 6.24. The molecule has 2 rings (SSSR count). The molecule has 0 aromatic heterocycles. The molecule has 0 spiro atoms. The molecule has 1 unspecified atom stereocenters. The summed E-state index contributed by atoms with van der Waals surface area (Å²) in [7, 11) is 0. The van der Waals surface area contributed by atoms with Gasteiger partial charge < -0.3 is 15.2 Å². The summed E-state index contributed by atoms with van der Waals surface area (Å²) in [5.41, 5.74) is 5.37. The summed E-state index contributed by atoms with van der Waals surface area (Å²) < 4.78 is 10.6. The number of rotatable bonds is 3. The third-order valence-electron chi connectivity index (χ3n) is 3.63. The van der Waals surface area contributed by atoms with Gasteiger partial charge in [-0.25, -0.2) is 0 Å². The van der Waals surface area contributed by atoms with E-state index in [4.69, 9.17) is 15.2 Å². The second-order valence-corrected chi connectivity index (χ2v) is 5.04. The molecular weight excluding hydrogens is 206 g/mol. The van der Waals surface area contributed by atoms with Gasteiger partial charge in [-0.1, -0.05) is 19.3 Å². The number of carbonyl (C=O) groups is 1. The first kappa shape index (κ1) is 11.9. The molecule has 16 heavy (non-hydrogen) atoms. The van der Waals surface area contributed by atoms with Crippen LogP contribution in [0.15, 0.2) is 0 Å². The van der Waals surface area contributed by atoms with Gasteiger partial charge in [0.2, 0.25) is 0 Å². The van der Waals surface area contributed by atoms with E-state index < -0.39 is 5.54 Å². The van der Waals surface area contributed by atoms with Gasteiger partial charge >= 0.3 is 5.97 Å². The first-order valence-corrected chi connectivity index (χ1v) is 6.24. The van der Waals surface area contributed by atoms with Gasteiger partial charge in [0, 0.05) is 12.5 Å². The van der Waals surface area contributed by atoms with Crippen molar-refractivity contribution in [3.8, 4) is 0 Å². The molecule has 0 aromatic rings. The third-order valence-corrected chi connectivity index (χ3v) is 3.63. The molecule has 0 bridgehead atoms. The van der Waals surface area contributed by atoms with Gasteiger partial charge in [0.1, 0.15) is 5.54 Å². The van der Waals surface area contributed by atoms with Gasteiger partial charge in [0.25, 0.3) is 0 Å². The van der Waals surface area contributed by atoms with E-state index in [2.05, 4.69) is 0 Å². The zero-order chi connectivity index (χ0) is 11.4. The maximum Gasteiger partial charge on any atom is 0.326 e. The van der Waals surface area contributed by atoms with E-state index in [1.165, 1.54) is 6.42 Å². The summed E-state index contributed by atoms with van der Waals surface area (Å²) >= 11 is 0. The molecule has 2 N–H and O–H groups in total. The van der Waals surface area contributed by atoms with Gasteiger partial charge in [-0.3, -0.25) is 4.79 Å². The highest BCUT2D eigenvalue weighted by Crippen LogP contribution is 2.27. The molecule has 2 aliphatic rings. The highest BCUT2D eigenvalue weighted by atomic mass is 16.5. The SMILES string of the molecule is NC1(C(=O)OCC2CCOC2)CCCCC1. The quantitative estimate of drug-likeness (QED) is 0.737. The molecule has 0 amide bonds. The Kier molecular flexibility index (Phi) is 3.82. The van der Waals surface area contributed by atoms with Crippen LogP contribution in [0.2, 0.25) is 0 Å². The molecule has 1 saturated carbocycles. The van der Waals surface area contributed by atoms with Gasteiger partial charge in [0.05, 0.1) is 13.2 Å². The van der Waals surface area contributed by atoms with E-state index in [9.17, 15) is 4.79 Å². The van der Waals surface area contributed by atoms with Crippen molar-refractivity contribution in [3.63, 3.8) is 0 Å². The number of hydrogen-bond donors (Lipinski definition) is 1. The van der Waals surface area contributed by atoms with Crippen molar-refractivity contribution in [2.75, 3.05) is 19.8 Å². The standard InChI is InChI=1S/C12H21NO3/c13-12(5-2-1-3-6-12)11(14)16-9-10-4-7-15-8-10/h10H,1-9,13H2. The summed E-state index contributed by atoms with van der Waals surface area (Å²) in [6.07, 6.45) is 5.80. The van der Waals surface area contributed by atoms with Gasteiger partial charge in [-0.2, -0.15) is 0 Å². The van der Waals surface area contributed by atoms with Crippen LogP contribution >= 0.6 is 0 Å². The van der Waals surface area contributed by atoms with Crippen molar-refractivity contribution in [3.05, 3.63) is 0 Å². The molecule has 4 heteroatoms. The summed E-state index contributed by atoms with van der Waals surface area (Å²) in [6, 6.07) is 0. The monoisotopic (exact) mass is 227 g/mol. The van der Waals surface area contributed by atoms with Crippen molar-refractivity contribution in [1.29, 1.82) is 0 Å². The van der Waals surface area contributed by atoms with Gasteiger partial charge in [-0.05, 0) is 19.3 Å². The highest BCUT2D eigenvalue weighted by Gasteiger charge is 2.37. The van der Waals surface area contributed by atoms with Gasteiger partial charge in [0.15, 0.2) is 0 Å². The van der Waals surface area contributed by atoms with Crippen molar-refractivity contribution >= 4 is 5.97 Å². The van der Waals surface area contributed by atoms with Crippen LogP contribution in [-0.2, 0) is 14.3 Å². The van der Waals surface area contributed by atoms with Crippen LogP contribution in [0.5, 0.6) is 0 Å². The van der Waals surface area contributed by atoms with E-state index in [1.54, 1.807) is 0 Å². The zero-order valence-electron chi connectivity index (χ0n) is 9.74. The Bertz CT molecular complexity index is 243. The minimum absolute atomic E-state index is 0.209. The van der Waals surface area contributed by atoms with Crippen LogP contribution in [-0.4, -0.2) is 31.3 Å². The average Bonchev–Trinajstić information content (AvgIpc) is 2.79. The van der Waals surface area contributed by atoms with Crippen LogP contribution < -0.4 is 5.73 Å². The summed E-state index contributed by atoms with van der Waals surface area (Å²) in [5.74, 6) is 0.162. The molecule has 0 radical (unpaired) electrons. The fourth-order valence-corrected chi connectivity index (χ4v) is 2.44. The molecule has 1 heterocycles. The lowest BCUT2D eigenvalue weighted by atomic mass is 9.83. The number of ether oxygens (including phenoxy) is 2. The number of esters is 1.